The number of hydrogen-bond donors (Lipinski definition) is 0. The lowest BCUT2D eigenvalue weighted by Gasteiger charge is -2.05. The van der Waals surface area contributed by atoms with Crippen molar-refractivity contribution in [3.8, 4) is 5.75 Å². The zero-order valence-electron chi connectivity index (χ0n) is 7.26. The molecule has 5 heteroatoms. The Balaban J connectivity index is 3.03. The smallest absolute Gasteiger partial charge is 0.191 e. The van der Waals surface area contributed by atoms with Crippen molar-refractivity contribution >= 4 is 44.9 Å². The highest BCUT2D eigenvalue weighted by molar-refractivity contribution is 9.10. The predicted octanol–water partition coefficient (Wildman–Crippen LogP) is 3.49. The van der Waals surface area contributed by atoms with Gasteiger partial charge in [-0.1, -0.05) is 27.5 Å². The lowest BCUT2D eigenvalue weighted by Crippen LogP contribution is -2.07. The third kappa shape index (κ3) is 2.62. The van der Waals surface area contributed by atoms with Crippen molar-refractivity contribution in [1.29, 1.82) is 0 Å². The lowest BCUT2D eigenvalue weighted by molar-refractivity contribution is 0.101. The van der Waals surface area contributed by atoms with Crippen molar-refractivity contribution in [2.75, 3.05) is 7.11 Å². The summed E-state index contributed by atoms with van der Waals surface area (Å²) in [6.07, 6.45) is 0. The molecule has 0 aromatic heterocycles. The third-order valence-electron chi connectivity index (χ3n) is 1.63. The van der Waals surface area contributed by atoms with Crippen molar-refractivity contribution < 1.29 is 9.53 Å². The van der Waals surface area contributed by atoms with E-state index < -0.39 is 4.29 Å². The van der Waals surface area contributed by atoms with Crippen LogP contribution in [0.15, 0.2) is 18.2 Å². The number of benzene rings is 1. The van der Waals surface area contributed by atoms with Crippen molar-refractivity contribution in [3.05, 3.63) is 28.8 Å². The summed E-state index contributed by atoms with van der Waals surface area (Å²) in [6.45, 7) is 0. The van der Waals surface area contributed by atoms with E-state index in [-0.39, 0.29) is 5.78 Å². The number of Topliss-reactive ketones (excluding diaryl/α,β-unsaturated/α-hetero) is 1. The summed E-state index contributed by atoms with van der Waals surface area (Å²) < 4.78 is 4.22. The van der Waals surface area contributed by atoms with Crippen LogP contribution in [-0.4, -0.2) is 17.2 Å². The summed E-state index contributed by atoms with van der Waals surface area (Å²) in [6, 6.07) is 4.77. The SMILES string of the molecule is COc1ccc(C(=O)C(Cl)Br)cc1Cl. The molecule has 0 spiro atoms. The molecule has 0 aliphatic rings. The van der Waals surface area contributed by atoms with Crippen LogP contribution in [0.2, 0.25) is 5.02 Å². The van der Waals surface area contributed by atoms with Crippen molar-refractivity contribution in [1.82, 2.24) is 0 Å². The molecule has 1 aromatic carbocycles. The molecule has 0 aliphatic heterocycles. The number of methoxy groups -OCH3 is 1. The van der Waals surface area contributed by atoms with Gasteiger partial charge < -0.3 is 4.74 Å². The first-order chi connectivity index (χ1) is 6.56. The normalized spacial score (nSPS) is 12.3. The molecule has 0 aliphatic carbocycles. The number of ether oxygens (including phenoxy) is 1. The summed E-state index contributed by atoms with van der Waals surface area (Å²) >= 11 is 14.4. The number of halogens is 3. The Morgan fingerprint density at radius 1 is 1.57 bits per heavy atom. The lowest BCUT2D eigenvalue weighted by atomic mass is 10.1. The van der Waals surface area contributed by atoms with Crippen LogP contribution in [0.5, 0.6) is 5.75 Å². The summed E-state index contributed by atoms with van der Waals surface area (Å²) in [5.41, 5.74) is 0.452. The molecule has 76 valence electrons. The molecule has 14 heavy (non-hydrogen) atoms. The summed E-state index contributed by atoms with van der Waals surface area (Å²) in [5.74, 6) is 0.306. The predicted molar refractivity (Wildman–Crippen MR) is 60.9 cm³/mol. The Bertz CT molecular complexity index is 353. The molecular weight excluding hydrogens is 291 g/mol. The molecule has 2 nitrogen and oxygen atoms in total. The van der Waals surface area contributed by atoms with Crippen LogP contribution < -0.4 is 4.74 Å². The van der Waals surface area contributed by atoms with Crippen LogP contribution in [0, 0.1) is 0 Å². The quantitative estimate of drug-likeness (QED) is 0.630. The number of alkyl halides is 2. The largest absolute Gasteiger partial charge is 0.495 e. The van der Waals surface area contributed by atoms with E-state index in [9.17, 15) is 4.79 Å². The van der Waals surface area contributed by atoms with Crippen LogP contribution in [0.1, 0.15) is 10.4 Å². The summed E-state index contributed by atoms with van der Waals surface area (Å²) in [5, 5.41) is 0.392. The van der Waals surface area contributed by atoms with Gasteiger partial charge >= 0.3 is 0 Å². The minimum Gasteiger partial charge on any atom is -0.495 e. The van der Waals surface area contributed by atoms with Crippen LogP contribution in [0.4, 0.5) is 0 Å². The molecule has 1 atom stereocenters. The molecule has 0 N–H and O–H groups in total. The standard InChI is InChI=1S/C9H7BrCl2O2/c1-14-7-3-2-5(4-6(7)11)8(13)9(10)12/h2-4,9H,1H3. The first kappa shape index (κ1) is 11.8. The van der Waals surface area contributed by atoms with Crippen LogP contribution in [0.25, 0.3) is 0 Å². The summed E-state index contributed by atoms with van der Waals surface area (Å²) in [4.78, 5) is 11.4. The average Bonchev–Trinajstić information content (AvgIpc) is 2.16. The zero-order valence-corrected chi connectivity index (χ0v) is 10.4. The Kier molecular flexibility index (Phi) is 4.23. The zero-order chi connectivity index (χ0) is 10.7. The van der Waals surface area contributed by atoms with Gasteiger partial charge in [0.05, 0.1) is 12.1 Å². The maximum atomic E-state index is 11.4. The molecule has 0 saturated heterocycles. The van der Waals surface area contributed by atoms with Gasteiger partial charge in [-0.05, 0) is 18.2 Å². The molecule has 0 heterocycles. The minimum atomic E-state index is -0.730. The molecule has 0 radical (unpaired) electrons. The molecule has 0 bridgehead atoms. The highest BCUT2D eigenvalue weighted by Gasteiger charge is 2.15. The summed E-state index contributed by atoms with van der Waals surface area (Å²) in [7, 11) is 1.51. The molecule has 0 saturated carbocycles. The molecule has 1 unspecified atom stereocenters. The second-order valence-electron chi connectivity index (χ2n) is 2.51. The van der Waals surface area contributed by atoms with Gasteiger partial charge in [0, 0.05) is 5.56 Å². The molecule has 1 aromatic rings. The highest BCUT2D eigenvalue weighted by atomic mass is 79.9. The Labute approximate surface area is 100 Å². The van der Waals surface area contributed by atoms with E-state index in [0.717, 1.165) is 0 Å². The second-order valence-corrected chi connectivity index (χ2v) is 4.80. The monoisotopic (exact) mass is 296 g/mol. The Morgan fingerprint density at radius 3 is 2.64 bits per heavy atom. The van der Waals surface area contributed by atoms with E-state index >= 15 is 0 Å². The van der Waals surface area contributed by atoms with Crippen molar-refractivity contribution in [3.63, 3.8) is 0 Å². The van der Waals surface area contributed by atoms with E-state index in [1.807, 2.05) is 0 Å². The van der Waals surface area contributed by atoms with E-state index in [1.165, 1.54) is 13.2 Å². The van der Waals surface area contributed by atoms with E-state index in [2.05, 4.69) is 15.9 Å². The average molecular weight is 298 g/mol. The van der Waals surface area contributed by atoms with Crippen LogP contribution >= 0.6 is 39.1 Å². The topological polar surface area (TPSA) is 26.3 Å². The van der Waals surface area contributed by atoms with Crippen LogP contribution in [0.3, 0.4) is 0 Å². The minimum absolute atomic E-state index is 0.226. The fourth-order valence-corrected chi connectivity index (χ4v) is 1.59. The maximum Gasteiger partial charge on any atom is 0.191 e. The highest BCUT2D eigenvalue weighted by Crippen LogP contribution is 2.26. The van der Waals surface area contributed by atoms with Gasteiger partial charge in [-0.25, -0.2) is 0 Å². The third-order valence-corrected chi connectivity index (χ3v) is 2.54. The van der Waals surface area contributed by atoms with Crippen molar-refractivity contribution in [2.45, 2.75) is 4.29 Å². The van der Waals surface area contributed by atoms with E-state index in [4.69, 9.17) is 27.9 Å². The second kappa shape index (κ2) is 5.01. The number of ketones is 1. The van der Waals surface area contributed by atoms with Gasteiger partial charge in [0.15, 0.2) is 10.1 Å². The van der Waals surface area contributed by atoms with Gasteiger partial charge in [0.25, 0.3) is 0 Å². The van der Waals surface area contributed by atoms with Gasteiger partial charge in [-0.15, -0.1) is 11.6 Å². The van der Waals surface area contributed by atoms with Gasteiger partial charge in [0.2, 0.25) is 0 Å². The maximum absolute atomic E-state index is 11.4. The van der Waals surface area contributed by atoms with Crippen LogP contribution in [-0.2, 0) is 0 Å². The first-order valence-electron chi connectivity index (χ1n) is 3.72. The fourth-order valence-electron chi connectivity index (χ4n) is 0.946. The molecule has 0 fully saturated rings. The van der Waals surface area contributed by atoms with E-state index in [0.29, 0.717) is 16.3 Å². The number of rotatable bonds is 3. The number of hydrogen-bond acceptors (Lipinski definition) is 2. The van der Waals surface area contributed by atoms with E-state index in [1.54, 1.807) is 12.1 Å². The van der Waals surface area contributed by atoms with Gasteiger partial charge in [0.1, 0.15) is 5.75 Å². The van der Waals surface area contributed by atoms with Crippen molar-refractivity contribution in [2.24, 2.45) is 0 Å². The van der Waals surface area contributed by atoms with Gasteiger partial charge in [-0.2, -0.15) is 0 Å². The van der Waals surface area contributed by atoms with Gasteiger partial charge in [-0.3, -0.25) is 4.79 Å². The number of carbonyl (C=O) groups is 1. The Morgan fingerprint density at radius 2 is 2.21 bits per heavy atom. The molecule has 0 amide bonds. The Hall–Kier alpha value is -0.250. The molecule has 1 rings (SSSR count). The first-order valence-corrected chi connectivity index (χ1v) is 5.45. The number of carbonyl (C=O) groups excluding carboxylic acids is 1. The molecular formula is C9H7BrCl2O2. The fraction of sp³-hybridized carbons (Fsp3) is 0.222.